The summed E-state index contributed by atoms with van der Waals surface area (Å²) in [6.45, 7) is 2.67. The zero-order valence-corrected chi connectivity index (χ0v) is 10.9. The normalized spacial score (nSPS) is 9.67. The first-order valence-electron chi connectivity index (χ1n) is 6.09. The number of hydrogen-bond acceptors (Lipinski definition) is 6. The average molecular weight is 260 g/mol. The Morgan fingerprint density at radius 2 is 1.56 bits per heavy atom. The van der Waals surface area contributed by atoms with Gasteiger partial charge in [-0.15, -0.1) is 0 Å². The van der Waals surface area contributed by atoms with Crippen LogP contribution in [0.2, 0.25) is 0 Å². The van der Waals surface area contributed by atoms with Crippen molar-refractivity contribution in [1.82, 2.24) is 0 Å². The van der Waals surface area contributed by atoms with Crippen molar-refractivity contribution in [2.75, 3.05) is 6.61 Å². The van der Waals surface area contributed by atoms with Crippen molar-refractivity contribution >= 4 is 17.9 Å². The molecule has 0 saturated carbocycles. The molecule has 0 amide bonds. The molecule has 6 nitrogen and oxygen atoms in total. The van der Waals surface area contributed by atoms with Gasteiger partial charge in [-0.25, -0.2) is 19.4 Å². The van der Waals surface area contributed by atoms with Gasteiger partial charge in [0.05, 0.1) is 0 Å². The van der Waals surface area contributed by atoms with E-state index in [2.05, 4.69) is 21.4 Å². The van der Waals surface area contributed by atoms with Crippen LogP contribution in [0.3, 0.4) is 0 Å². The van der Waals surface area contributed by atoms with Gasteiger partial charge in [-0.1, -0.05) is 32.6 Å². The van der Waals surface area contributed by atoms with Gasteiger partial charge in [-0.3, -0.25) is 4.79 Å². The smallest absolute Gasteiger partial charge is 0.392 e. The molecule has 0 aliphatic heterocycles. The highest BCUT2D eigenvalue weighted by molar-refractivity contribution is 5.76. The van der Waals surface area contributed by atoms with Crippen molar-refractivity contribution in [1.29, 1.82) is 0 Å². The third-order valence-corrected chi connectivity index (χ3v) is 2.09. The quantitative estimate of drug-likeness (QED) is 0.287. The second-order valence-electron chi connectivity index (χ2n) is 3.86. The zero-order chi connectivity index (χ0) is 13.8. The van der Waals surface area contributed by atoms with Gasteiger partial charge in [0.1, 0.15) is 0 Å². The summed E-state index contributed by atoms with van der Waals surface area (Å²) in [6.07, 6.45) is 5.40. The molecule has 6 heteroatoms. The Kier molecular flexibility index (Phi) is 9.62. The van der Waals surface area contributed by atoms with E-state index in [4.69, 9.17) is 0 Å². The van der Waals surface area contributed by atoms with Crippen molar-refractivity contribution in [2.24, 2.45) is 0 Å². The summed E-state index contributed by atoms with van der Waals surface area (Å²) in [5.74, 6) is -2.11. The predicted molar refractivity (Wildman–Crippen MR) is 62.2 cm³/mol. The van der Waals surface area contributed by atoms with E-state index in [9.17, 15) is 14.4 Å². The highest BCUT2D eigenvalue weighted by atomic mass is 17.2. The van der Waals surface area contributed by atoms with Gasteiger partial charge >= 0.3 is 17.9 Å². The first-order valence-corrected chi connectivity index (χ1v) is 6.09. The lowest BCUT2D eigenvalue weighted by Gasteiger charge is -2.03. The minimum absolute atomic E-state index is 0.282. The molecule has 0 bridgehead atoms. The highest BCUT2D eigenvalue weighted by Gasteiger charge is 2.10. The maximum Gasteiger partial charge on any atom is 0.392 e. The summed E-state index contributed by atoms with van der Waals surface area (Å²) in [6, 6.07) is 0. The van der Waals surface area contributed by atoms with Gasteiger partial charge in [-0.05, 0) is 6.42 Å². The van der Waals surface area contributed by atoms with Crippen LogP contribution in [0.15, 0.2) is 0 Å². The highest BCUT2D eigenvalue weighted by Crippen LogP contribution is 2.05. The first kappa shape index (κ1) is 16.4. The Labute approximate surface area is 107 Å². The molecule has 0 aromatic rings. The number of carbonyl (C=O) groups excluding carboxylic acids is 3. The molecule has 18 heavy (non-hydrogen) atoms. The Balaban J connectivity index is 3.46. The van der Waals surface area contributed by atoms with Crippen LogP contribution >= 0.6 is 0 Å². The van der Waals surface area contributed by atoms with Crippen LogP contribution in [0.5, 0.6) is 0 Å². The summed E-state index contributed by atoms with van der Waals surface area (Å²) < 4.78 is 4.64. The van der Waals surface area contributed by atoms with Crippen LogP contribution in [0.1, 0.15) is 52.4 Å². The fourth-order valence-corrected chi connectivity index (χ4v) is 1.21. The number of carbonyl (C=O) groups is 3. The minimum Gasteiger partial charge on any atom is -0.453 e. The fraction of sp³-hybridized carbons (Fsp3) is 0.750. The molecule has 0 aromatic carbocycles. The Morgan fingerprint density at radius 1 is 0.889 bits per heavy atom. The Bertz CT molecular complexity index is 274. The summed E-state index contributed by atoms with van der Waals surface area (Å²) in [5, 5.41) is 0. The molecule has 0 rings (SSSR count). The minimum atomic E-state index is -0.912. The summed E-state index contributed by atoms with van der Waals surface area (Å²) in [5.41, 5.74) is 0. The first-order chi connectivity index (χ1) is 8.56. The molecule has 0 aliphatic rings. The Morgan fingerprint density at radius 3 is 2.17 bits per heavy atom. The molecule has 0 fully saturated rings. The molecule has 0 heterocycles. The molecule has 0 radical (unpaired) electrons. The fourth-order valence-electron chi connectivity index (χ4n) is 1.21. The van der Waals surface area contributed by atoms with Crippen molar-refractivity contribution in [3.63, 3.8) is 0 Å². The zero-order valence-electron chi connectivity index (χ0n) is 10.9. The molecule has 0 atom stereocenters. The maximum absolute atomic E-state index is 11.2. The topological polar surface area (TPSA) is 78.9 Å². The summed E-state index contributed by atoms with van der Waals surface area (Å²) in [7, 11) is 0. The van der Waals surface area contributed by atoms with Crippen LogP contribution in [-0.2, 0) is 28.9 Å². The standard InChI is InChI=1S/C12H20O6/c1-3-4-5-6-7-8-11(14)16-9-12(15)18-17-10(2)13/h3-9H2,1-2H3. The number of ether oxygens (including phenoxy) is 1. The molecule has 0 N–H and O–H groups in total. The lowest BCUT2D eigenvalue weighted by Crippen LogP contribution is -2.17. The lowest BCUT2D eigenvalue weighted by molar-refractivity contribution is -0.259. The van der Waals surface area contributed by atoms with Crippen molar-refractivity contribution < 1.29 is 28.9 Å². The van der Waals surface area contributed by atoms with Crippen molar-refractivity contribution in [3.05, 3.63) is 0 Å². The molecule has 0 unspecified atom stereocenters. The van der Waals surface area contributed by atoms with Crippen LogP contribution in [0, 0.1) is 0 Å². The molecule has 0 aromatic heterocycles. The molecule has 0 saturated heterocycles. The molecule has 104 valence electrons. The number of esters is 1. The van der Waals surface area contributed by atoms with E-state index in [1.807, 2.05) is 0 Å². The van der Waals surface area contributed by atoms with Gasteiger partial charge in [0, 0.05) is 13.3 Å². The van der Waals surface area contributed by atoms with E-state index in [0.717, 1.165) is 39.0 Å². The van der Waals surface area contributed by atoms with Gasteiger partial charge in [0.15, 0.2) is 6.61 Å². The predicted octanol–water partition coefficient (Wildman–Crippen LogP) is 1.91. The van der Waals surface area contributed by atoms with Crippen molar-refractivity contribution in [3.8, 4) is 0 Å². The molecule has 0 aliphatic carbocycles. The SMILES string of the molecule is CCCCCCCC(=O)OCC(=O)OOC(C)=O. The maximum atomic E-state index is 11.2. The van der Waals surface area contributed by atoms with Gasteiger partial charge in [0.2, 0.25) is 0 Å². The third-order valence-electron chi connectivity index (χ3n) is 2.09. The average Bonchev–Trinajstić information content (AvgIpc) is 2.33. The Hall–Kier alpha value is -1.59. The van der Waals surface area contributed by atoms with E-state index in [0.29, 0.717) is 0 Å². The number of hydrogen-bond donors (Lipinski definition) is 0. The van der Waals surface area contributed by atoms with E-state index < -0.39 is 24.5 Å². The molecule has 0 spiro atoms. The van der Waals surface area contributed by atoms with Crippen molar-refractivity contribution in [2.45, 2.75) is 52.4 Å². The third kappa shape index (κ3) is 10.9. The monoisotopic (exact) mass is 260 g/mol. The van der Waals surface area contributed by atoms with Crippen LogP contribution in [0.25, 0.3) is 0 Å². The van der Waals surface area contributed by atoms with Crippen LogP contribution in [-0.4, -0.2) is 24.5 Å². The molecular weight excluding hydrogens is 240 g/mol. The van der Waals surface area contributed by atoms with Gasteiger partial charge < -0.3 is 4.74 Å². The summed E-state index contributed by atoms with van der Waals surface area (Å²) >= 11 is 0. The number of rotatable bonds is 8. The second kappa shape index (κ2) is 10.6. The van der Waals surface area contributed by atoms with Crippen LogP contribution in [0.4, 0.5) is 0 Å². The van der Waals surface area contributed by atoms with E-state index in [-0.39, 0.29) is 6.42 Å². The summed E-state index contributed by atoms with van der Waals surface area (Å²) in [4.78, 5) is 40.4. The van der Waals surface area contributed by atoms with Crippen LogP contribution < -0.4 is 0 Å². The number of unbranched alkanes of at least 4 members (excludes halogenated alkanes) is 4. The van der Waals surface area contributed by atoms with E-state index in [1.165, 1.54) is 0 Å². The lowest BCUT2D eigenvalue weighted by atomic mass is 10.1. The largest absolute Gasteiger partial charge is 0.453 e. The van der Waals surface area contributed by atoms with E-state index in [1.54, 1.807) is 0 Å². The van der Waals surface area contributed by atoms with E-state index >= 15 is 0 Å². The van der Waals surface area contributed by atoms with Gasteiger partial charge in [-0.2, -0.15) is 0 Å². The second-order valence-corrected chi connectivity index (χ2v) is 3.86. The van der Waals surface area contributed by atoms with Gasteiger partial charge in [0.25, 0.3) is 0 Å². The molecular formula is C12H20O6.